The van der Waals surface area contributed by atoms with E-state index in [1.807, 2.05) is 0 Å². The highest BCUT2D eigenvalue weighted by molar-refractivity contribution is 6.31. The number of ether oxygens (including phenoxy) is 2. The second kappa shape index (κ2) is 8.92. The molecular weight excluding hydrogens is 453 g/mol. The molecule has 2 aromatic rings. The summed E-state index contributed by atoms with van der Waals surface area (Å²) in [5.74, 6) is -3.36. The normalized spacial score (nSPS) is 17.0. The number of pyridine rings is 1. The summed E-state index contributed by atoms with van der Waals surface area (Å²) in [6, 6.07) is 2.95. The Bertz CT molecular complexity index is 987. The average Bonchev–Trinajstić information content (AvgIpc) is 3.16. The van der Waals surface area contributed by atoms with Crippen molar-refractivity contribution in [1.82, 2.24) is 15.6 Å². The molecule has 3 rings (SSSR count). The van der Waals surface area contributed by atoms with Gasteiger partial charge in [0.15, 0.2) is 12.7 Å². The van der Waals surface area contributed by atoms with E-state index in [1.165, 1.54) is 6.07 Å². The number of alkyl carbamates (subject to hydrolysis) is 1. The van der Waals surface area contributed by atoms with Crippen LogP contribution in [0.15, 0.2) is 30.5 Å². The number of carbonyl (C=O) groups is 2. The van der Waals surface area contributed by atoms with Crippen LogP contribution in [-0.4, -0.2) is 42.4 Å². The van der Waals surface area contributed by atoms with Gasteiger partial charge in [-0.05, 0) is 17.7 Å². The fourth-order valence-electron chi connectivity index (χ4n) is 2.68. The van der Waals surface area contributed by atoms with Crippen LogP contribution in [0.2, 0.25) is 5.02 Å². The largest absolute Gasteiger partial charge is 0.468 e. The maximum Gasteiger partial charge on any atom is 0.422 e. The van der Waals surface area contributed by atoms with Gasteiger partial charge in [0.2, 0.25) is 5.88 Å². The summed E-state index contributed by atoms with van der Waals surface area (Å²) >= 11 is 5.62. The molecule has 13 heteroatoms. The monoisotopic (exact) mass is 465 g/mol. The first kappa shape index (κ1) is 22.5. The van der Waals surface area contributed by atoms with Crippen molar-refractivity contribution < 1.29 is 41.0 Å². The lowest BCUT2D eigenvalue weighted by atomic mass is 9.99. The summed E-state index contributed by atoms with van der Waals surface area (Å²) in [4.78, 5) is 27.3. The Hall–Kier alpha value is -3.15. The molecule has 1 unspecified atom stereocenters. The van der Waals surface area contributed by atoms with Crippen LogP contribution in [0, 0.1) is 11.6 Å². The third-order valence-corrected chi connectivity index (χ3v) is 4.46. The predicted molar refractivity (Wildman–Crippen MR) is 95.4 cm³/mol. The summed E-state index contributed by atoms with van der Waals surface area (Å²) in [6.45, 7) is -1.70. The minimum Gasteiger partial charge on any atom is -0.468 e. The van der Waals surface area contributed by atoms with Gasteiger partial charge in [0.05, 0.1) is 12.6 Å². The zero-order valence-corrected chi connectivity index (χ0v) is 16.1. The van der Waals surface area contributed by atoms with E-state index < -0.39 is 53.6 Å². The zero-order chi connectivity index (χ0) is 22.8. The number of halogens is 6. The molecule has 1 aromatic heterocycles. The number of hydrogen-bond donors (Lipinski definition) is 2. The number of amides is 2. The number of alkyl halides is 3. The molecule has 2 atom stereocenters. The average molecular weight is 466 g/mol. The molecule has 0 radical (unpaired) electrons. The number of nitrogens with one attached hydrogen (secondary N) is 2. The first-order chi connectivity index (χ1) is 14.5. The molecule has 2 N–H and O–H groups in total. The van der Waals surface area contributed by atoms with Crippen molar-refractivity contribution in [2.75, 3.05) is 13.2 Å². The number of nitrogens with zero attached hydrogens (tertiary/aromatic N) is 1. The van der Waals surface area contributed by atoms with Gasteiger partial charge in [-0.3, -0.25) is 4.79 Å². The maximum absolute atomic E-state index is 14.6. The van der Waals surface area contributed by atoms with E-state index in [9.17, 15) is 31.5 Å². The van der Waals surface area contributed by atoms with Gasteiger partial charge >= 0.3 is 12.3 Å². The van der Waals surface area contributed by atoms with Crippen LogP contribution in [0.5, 0.6) is 5.88 Å². The van der Waals surface area contributed by atoms with Gasteiger partial charge < -0.3 is 20.1 Å². The highest BCUT2D eigenvalue weighted by atomic mass is 35.5. The lowest BCUT2D eigenvalue weighted by Gasteiger charge is -2.22. The molecule has 0 bridgehead atoms. The van der Waals surface area contributed by atoms with Crippen molar-refractivity contribution in [1.29, 1.82) is 0 Å². The number of hydrogen-bond acceptors (Lipinski definition) is 5. The van der Waals surface area contributed by atoms with Crippen molar-refractivity contribution in [2.45, 2.75) is 18.3 Å². The molecule has 0 aliphatic carbocycles. The van der Waals surface area contributed by atoms with Gasteiger partial charge in [0, 0.05) is 17.8 Å². The lowest BCUT2D eigenvalue weighted by Crippen LogP contribution is -2.39. The van der Waals surface area contributed by atoms with E-state index in [-0.39, 0.29) is 23.6 Å². The molecule has 166 valence electrons. The maximum atomic E-state index is 14.6. The number of benzene rings is 1. The summed E-state index contributed by atoms with van der Waals surface area (Å²) < 4.78 is 74.3. The van der Waals surface area contributed by atoms with E-state index in [2.05, 4.69) is 20.4 Å². The Kier molecular flexibility index (Phi) is 6.48. The van der Waals surface area contributed by atoms with Gasteiger partial charge in [0.1, 0.15) is 16.7 Å². The van der Waals surface area contributed by atoms with Crippen LogP contribution in [0.4, 0.5) is 26.7 Å². The molecule has 7 nitrogen and oxygen atoms in total. The van der Waals surface area contributed by atoms with Crippen LogP contribution in [0.1, 0.15) is 17.2 Å². The van der Waals surface area contributed by atoms with Crippen LogP contribution in [-0.2, 0) is 9.53 Å². The molecular formula is C18H13ClF5N3O4. The highest BCUT2D eigenvalue weighted by Crippen LogP contribution is 2.30. The Morgan fingerprint density at radius 3 is 2.65 bits per heavy atom. The Balaban J connectivity index is 1.89. The molecule has 2 heterocycles. The second-order valence-corrected chi connectivity index (χ2v) is 6.69. The summed E-state index contributed by atoms with van der Waals surface area (Å²) in [5.41, 5.74) is -0.130. The molecule has 0 saturated carbocycles. The third kappa shape index (κ3) is 5.51. The van der Waals surface area contributed by atoms with Crippen molar-refractivity contribution >= 4 is 23.6 Å². The number of aromatic nitrogens is 1. The molecule has 2 amide bonds. The lowest BCUT2D eigenvalue weighted by molar-refractivity contribution is -0.154. The molecule has 31 heavy (non-hydrogen) atoms. The van der Waals surface area contributed by atoms with Crippen LogP contribution >= 0.6 is 11.6 Å². The Morgan fingerprint density at radius 1 is 1.32 bits per heavy atom. The van der Waals surface area contributed by atoms with Crippen molar-refractivity contribution in [3.05, 3.63) is 58.2 Å². The van der Waals surface area contributed by atoms with Crippen LogP contribution in [0.3, 0.4) is 0 Å². The second-order valence-electron chi connectivity index (χ2n) is 6.31. The fourth-order valence-corrected chi connectivity index (χ4v) is 2.85. The summed E-state index contributed by atoms with van der Waals surface area (Å²) in [5, 5.41) is 3.90. The van der Waals surface area contributed by atoms with E-state index in [1.54, 1.807) is 0 Å². The van der Waals surface area contributed by atoms with Gasteiger partial charge in [-0.1, -0.05) is 17.7 Å². The van der Waals surface area contributed by atoms with E-state index >= 15 is 0 Å². The third-order valence-electron chi connectivity index (χ3n) is 4.11. The number of rotatable bonds is 6. The van der Waals surface area contributed by atoms with Gasteiger partial charge in [0.25, 0.3) is 5.91 Å². The minimum atomic E-state index is -4.57. The number of cyclic esters (lactones) is 1. The smallest absolute Gasteiger partial charge is 0.422 e. The molecule has 1 aliphatic heterocycles. The molecule has 1 aromatic carbocycles. The van der Waals surface area contributed by atoms with E-state index in [0.29, 0.717) is 0 Å². The molecule has 1 fully saturated rings. The summed E-state index contributed by atoms with van der Waals surface area (Å²) in [6.07, 6.45) is -5.55. The first-order valence-electron chi connectivity index (χ1n) is 8.59. The first-order valence-corrected chi connectivity index (χ1v) is 8.96. The van der Waals surface area contributed by atoms with Gasteiger partial charge in [-0.2, -0.15) is 13.2 Å². The van der Waals surface area contributed by atoms with Crippen molar-refractivity contribution in [3.63, 3.8) is 0 Å². The summed E-state index contributed by atoms with van der Waals surface area (Å²) in [7, 11) is 0. The van der Waals surface area contributed by atoms with Crippen molar-refractivity contribution in [3.8, 4) is 5.88 Å². The topological polar surface area (TPSA) is 89.6 Å². The zero-order valence-electron chi connectivity index (χ0n) is 15.3. The molecule has 1 saturated heterocycles. The minimum absolute atomic E-state index is 0.117. The number of carbonyl (C=O) groups excluding carboxylic acids is 2. The van der Waals surface area contributed by atoms with Gasteiger partial charge in [-0.25, -0.2) is 18.6 Å². The van der Waals surface area contributed by atoms with Crippen LogP contribution in [0.25, 0.3) is 0 Å². The van der Waals surface area contributed by atoms with E-state index in [0.717, 1.165) is 24.4 Å². The molecule has 1 aliphatic rings. The Morgan fingerprint density at radius 2 is 2.06 bits per heavy atom. The van der Waals surface area contributed by atoms with E-state index in [4.69, 9.17) is 16.3 Å². The van der Waals surface area contributed by atoms with Gasteiger partial charge in [-0.15, -0.1) is 0 Å². The SMILES string of the molecule is O=C1NC[C@@H](C(=O)NC(c2ccc(OCC(F)(F)F)nc2)c2ccc(F)c(Cl)c2F)O1. The quantitative estimate of drug-likeness (QED) is 0.505. The Labute approximate surface area is 176 Å². The van der Waals surface area contributed by atoms with Crippen molar-refractivity contribution in [2.24, 2.45) is 0 Å². The highest BCUT2D eigenvalue weighted by Gasteiger charge is 2.33. The molecule has 0 spiro atoms. The predicted octanol–water partition coefficient (Wildman–Crippen LogP) is 3.27. The fraction of sp³-hybridized carbons (Fsp3) is 0.278. The van der Waals surface area contributed by atoms with Crippen LogP contribution < -0.4 is 15.4 Å². The standard InChI is InChI=1S/C18H13ClF5N3O4/c19-13-10(20)3-2-9(14(13)21)15(27-16(28)11-6-26-17(29)31-11)8-1-4-12(25-5-8)30-7-18(22,23)24/h1-5,11,15H,6-7H2,(H,26,29)(H,27,28)/t11-,15?/m0/s1.